The standard InChI is InChI=1S/C11H15ClO2/c1-3-4-10(13)8-5-6-9(12)11(7-8)14-2/h5-7,10,13H,3-4H2,1-2H3. The van der Waals surface area contributed by atoms with Crippen molar-refractivity contribution in [1.82, 2.24) is 0 Å². The third-order valence-electron chi connectivity index (χ3n) is 2.12. The van der Waals surface area contributed by atoms with Crippen LogP contribution >= 0.6 is 11.6 Å². The molecule has 0 aliphatic heterocycles. The lowest BCUT2D eigenvalue weighted by atomic mass is 10.1. The first kappa shape index (κ1) is 11.3. The molecule has 0 aliphatic rings. The Hall–Kier alpha value is -0.730. The van der Waals surface area contributed by atoms with Crippen molar-refractivity contribution in [3.8, 4) is 5.75 Å². The van der Waals surface area contributed by atoms with Gasteiger partial charge < -0.3 is 9.84 Å². The topological polar surface area (TPSA) is 29.5 Å². The van der Waals surface area contributed by atoms with Gasteiger partial charge in [-0.25, -0.2) is 0 Å². The van der Waals surface area contributed by atoms with E-state index in [4.69, 9.17) is 16.3 Å². The quantitative estimate of drug-likeness (QED) is 0.834. The lowest BCUT2D eigenvalue weighted by Gasteiger charge is -2.11. The van der Waals surface area contributed by atoms with E-state index in [0.717, 1.165) is 18.4 Å². The fourth-order valence-corrected chi connectivity index (χ4v) is 1.52. The van der Waals surface area contributed by atoms with Gasteiger partial charge in [-0.3, -0.25) is 0 Å². The first-order valence-corrected chi connectivity index (χ1v) is 5.08. The molecule has 0 heterocycles. The number of rotatable bonds is 4. The summed E-state index contributed by atoms with van der Waals surface area (Å²) in [4.78, 5) is 0. The largest absolute Gasteiger partial charge is 0.495 e. The van der Waals surface area contributed by atoms with E-state index in [9.17, 15) is 5.11 Å². The molecule has 78 valence electrons. The molecule has 1 unspecified atom stereocenters. The highest BCUT2D eigenvalue weighted by Crippen LogP contribution is 2.29. The molecule has 1 aromatic rings. The Labute approximate surface area is 89.5 Å². The average molecular weight is 215 g/mol. The van der Waals surface area contributed by atoms with Crippen molar-refractivity contribution in [3.05, 3.63) is 28.8 Å². The summed E-state index contributed by atoms with van der Waals surface area (Å²) in [6.07, 6.45) is 1.28. The zero-order chi connectivity index (χ0) is 10.6. The summed E-state index contributed by atoms with van der Waals surface area (Å²) >= 11 is 5.87. The lowest BCUT2D eigenvalue weighted by molar-refractivity contribution is 0.166. The predicted molar refractivity (Wildman–Crippen MR) is 57.9 cm³/mol. The molecule has 1 N–H and O–H groups in total. The molecule has 0 aliphatic carbocycles. The van der Waals surface area contributed by atoms with Gasteiger partial charge in [0, 0.05) is 0 Å². The maximum atomic E-state index is 9.73. The molecule has 3 heteroatoms. The van der Waals surface area contributed by atoms with E-state index in [1.807, 2.05) is 13.0 Å². The highest BCUT2D eigenvalue weighted by Gasteiger charge is 2.09. The van der Waals surface area contributed by atoms with E-state index in [-0.39, 0.29) is 0 Å². The summed E-state index contributed by atoms with van der Waals surface area (Å²) in [5.74, 6) is 0.610. The van der Waals surface area contributed by atoms with E-state index in [2.05, 4.69) is 0 Å². The lowest BCUT2D eigenvalue weighted by Crippen LogP contribution is -1.97. The van der Waals surface area contributed by atoms with Crippen LogP contribution in [-0.4, -0.2) is 12.2 Å². The molecule has 0 saturated heterocycles. The second-order valence-electron chi connectivity index (χ2n) is 3.20. The van der Waals surface area contributed by atoms with Crippen LogP contribution < -0.4 is 4.74 Å². The van der Waals surface area contributed by atoms with Gasteiger partial charge in [0.25, 0.3) is 0 Å². The molecular weight excluding hydrogens is 200 g/mol. The summed E-state index contributed by atoms with van der Waals surface area (Å²) < 4.78 is 5.07. The highest BCUT2D eigenvalue weighted by molar-refractivity contribution is 6.32. The predicted octanol–water partition coefficient (Wildman–Crippen LogP) is 3.18. The Balaban J connectivity index is 2.88. The first-order chi connectivity index (χ1) is 6.69. The molecular formula is C11H15ClO2. The minimum Gasteiger partial charge on any atom is -0.495 e. The van der Waals surface area contributed by atoms with Crippen LogP contribution in [0.25, 0.3) is 0 Å². The van der Waals surface area contributed by atoms with Crippen molar-refractivity contribution >= 4 is 11.6 Å². The maximum absolute atomic E-state index is 9.73. The molecule has 0 fully saturated rings. The number of aliphatic hydroxyl groups is 1. The van der Waals surface area contributed by atoms with Crippen LogP contribution in [0.4, 0.5) is 0 Å². The molecule has 0 spiro atoms. The van der Waals surface area contributed by atoms with Crippen LogP contribution in [0.1, 0.15) is 31.4 Å². The minimum absolute atomic E-state index is 0.425. The van der Waals surface area contributed by atoms with Crippen molar-refractivity contribution in [3.63, 3.8) is 0 Å². The van der Waals surface area contributed by atoms with Crippen molar-refractivity contribution in [2.75, 3.05) is 7.11 Å². The fraction of sp³-hybridized carbons (Fsp3) is 0.455. The summed E-state index contributed by atoms with van der Waals surface area (Å²) in [7, 11) is 1.57. The molecule has 0 saturated carbocycles. The van der Waals surface area contributed by atoms with Gasteiger partial charge in [-0.05, 0) is 24.1 Å². The number of halogens is 1. The normalized spacial score (nSPS) is 12.6. The zero-order valence-electron chi connectivity index (χ0n) is 8.46. The van der Waals surface area contributed by atoms with Crippen LogP contribution in [0.15, 0.2) is 18.2 Å². The molecule has 1 aromatic carbocycles. The van der Waals surface area contributed by atoms with Crippen LogP contribution in [0.3, 0.4) is 0 Å². The summed E-state index contributed by atoms with van der Waals surface area (Å²) in [6, 6.07) is 5.35. The fourth-order valence-electron chi connectivity index (χ4n) is 1.32. The first-order valence-electron chi connectivity index (χ1n) is 4.70. The minimum atomic E-state index is -0.425. The summed E-state index contributed by atoms with van der Waals surface area (Å²) in [6.45, 7) is 2.04. The number of benzene rings is 1. The van der Waals surface area contributed by atoms with E-state index in [1.165, 1.54) is 0 Å². The van der Waals surface area contributed by atoms with Crippen molar-refractivity contribution in [2.45, 2.75) is 25.9 Å². The number of ether oxygens (including phenoxy) is 1. The number of methoxy groups -OCH3 is 1. The smallest absolute Gasteiger partial charge is 0.137 e. The molecule has 14 heavy (non-hydrogen) atoms. The maximum Gasteiger partial charge on any atom is 0.137 e. The SMILES string of the molecule is CCCC(O)c1ccc(Cl)c(OC)c1. The second-order valence-corrected chi connectivity index (χ2v) is 3.61. The third-order valence-corrected chi connectivity index (χ3v) is 2.43. The van der Waals surface area contributed by atoms with Crippen molar-refractivity contribution < 1.29 is 9.84 Å². The van der Waals surface area contributed by atoms with Crippen LogP contribution in [0.5, 0.6) is 5.75 Å². The number of hydrogen-bond acceptors (Lipinski definition) is 2. The molecule has 0 aromatic heterocycles. The van der Waals surface area contributed by atoms with Gasteiger partial charge in [0.05, 0.1) is 18.2 Å². The third kappa shape index (κ3) is 2.63. The molecule has 0 bridgehead atoms. The highest BCUT2D eigenvalue weighted by atomic mass is 35.5. The zero-order valence-corrected chi connectivity index (χ0v) is 9.21. The number of hydrogen-bond donors (Lipinski definition) is 1. The van der Waals surface area contributed by atoms with E-state index in [0.29, 0.717) is 10.8 Å². The monoisotopic (exact) mass is 214 g/mol. The van der Waals surface area contributed by atoms with Crippen molar-refractivity contribution in [2.24, 2.45) is 0 Å². The molecule has 0 amide bonds. The molecule has 1 atom stereocenters. The average Bonchev–Trinajstić information content (AvgIpc) is 2.19. The van der Waals surface area contributed by atoms with Gasteiger partial charge in [0.1, 0.15) is 5.75 Å². The molecule has 1 rings (SSSR count). The Morgan fingerprint density at radius 1 is 1.50 bits per heavy atom. The Kier molecular flexibility index (Phi) is 4.23. The molecule has 2 nitrogen and oxygen atoms in total. The molecule has 0 radical (unpaired) electrons. The van der Waals surface area contributed by atoms with Gasteiger partial charge in [0.2, 0.25) is 0 Å². The van der Waals surface area contributed by atoms with Crippen LogP contribution in [-0.2, 0) is 0 Å². The van der Waals surface area contributed by atoms with Gasteiger partial charge >= 0.3 is 0 Å². The summed E-state index contributed by atoms with van der Waals surface area (Å²) in [5, 5.41) is 10.3. The number of aliphatic hydroxyl groups excluding tert-OH is 1. The van der Waals surface area contributed by atoms with Crippen LogP contribution in [0.2, 0.25) is 5.02 Å². The van der Waals surface area contributed by atoms with Crippen molar-refractivity contribution in [1.29, 1.82) is 0 Å². The van der Waals surface area contributed by atoms with E-state index >= 15 is 0 Å². The van der Waals surface area contributed by atoms with E-state index in [1.54, 1.807) is 19.2 Å². The summed E-state index contributed by atoms with van der Waals surface area (Å²) in [5.41, 5.74) is 0.855. The van der Waals surface area contributed by atoms with Gasteiger partial charge in [-0.15, -0.1) is 0 Å². The van der Waals surface area contributed by atoms with Crippen LogP contribution in [0, 0.1) is 0 Å². The van der Waals surface area contributed by atoms with Gasteiger partial charge in [0.15, 0.2) is 0 Å². The Bertz CT molecular complexity index is 299. The van der Waals surface area contributed by atoms with E-state index < -0.39 is 6.10 Å². The van der Waals surface area contributed by atoms with Gasteiger partial charge in [-0.1, -0.05) is 31.0 Å². The second kappa shape index (κ2) is 5.23. The van der Waals surface area contributed by atoms with Gasteiger partial charge in [-0.2, -0.15) is 0 Å². The Morgan fingerprint density at radius 3 is 2.79 bits per heavy atom. The Morgan fingerprint density at radius 2 is 2.21 bits per heavy atom.